The minimum atomic E-state index is 0.0514. The molecule has 0 aliphatic rings. The number of benzene rings is 1. The Labute approximate surface area is 124 Å². The van der Waals surface area contributed by atoms with E-state index < -0.39 is 0 Å². The Morgan fingerprint density at radius 2 is 1.65 bits per heavy atom. The fourth-order valence-corrected chi connectivity index (χ4v) is 2.45. The molecule has 0 aromatic heterocycles. The van der Waals surface area contributed by atoms with Crippen LogP contribution in [0.5, 0.6) is 0 Å². The van der Waals surface area contributed by atoms with Crippen LogP contribution in [0, 0.1) is 0 Å². The summed E-state index contributed by atoms with van der Waals surface area (Å²) < 4.78 is 5.23. The summed E-state index contributed by atoms with van der Waals surface area (Å²) in [4.78, 5) is 2.37. The first kappa shape index (κ1) is 17.2. The van der Waals surface area contributed by atoms with Gasteiger partial charge in [0.05, 0.1) is 6.61 Å². The van der Waals surface area contributed by atoms with E-state index >= 15 is 0 Å². The van der Waals surface area contributed by atoms with Gasteiger partial charge in [-0.05, 0) is 30.5 Å². The molecule has 0 spiro atoms. The van der Waals surface area contributed by atoms with Crippen molar-refractivity contribution in [1.82, 2.24) is 4.90 Å². The molecule has 0 bridgehead atoms. The van der Waals surface area contributed by atoms with E-state index in [1.54, 1.807) is 7.11 Å². The van der Waals surface area contributed by atoms with Crippen LogP contribution in [0.25, 0.3) is 0 Å². The molecule has 1 aromatic rings. The number of nitrogens with two attached hydrogens (primary N) is 1. The van der Waals surface area contributed by atoms with E-state index in [1.165, 1.54) is 11.1 Å². The highest BCUT2D eigenvalue weighted by Gasteiger charge is 2.16. The normalized spacial score (nSPS) is 14.8. The van der Waals surface area contributed by atoms with E-state index in [0.29, 0.717) is 12.0 Å². The summed E-state index contributed by atoms with van der Waals surface area (Å²) in [6.07, 6.45) is 0. The predicted octanol–water partition coefficient (Wildman–Crippen LogP) is 3.17. The Morgan fingerprint density at radius 1 is 1.10 bits per heavy atom. The Hall–Kier alpha value is -0.900. The van der Waals surface area contributed by atoms with E-state index in [-0.39, 0.29) is 6.04 Å². The van der Waals surface area contributed by atoms with E-state index in [0.717, 1.165) is 19.7 Å². The van der Waals surface area contributed by atoms with E-state index in [9.17, 15) is 0 Å². The van der Waals surface area contributed by atoms with Gasteiger partial charge in [-0.25, -0.2) is 0 Å². The molecule has 0 aliphatic carbocycles. The summed E-state index contributed by atoms with van der Waals surface area (Å²) in [6, 6.07) is 9.15. The van der Waals surface area contributed by atoms with Crippen LogP contribution in [-0.4, -0.2) is 37.7 Å². The van der Waals surface area contributed by atoms with Crippen molar-refractivity contribution in [2.24, 2.45) is 5.73 Å². The van der Waals surface area contributed by atoms with Crippen LogP contribution in [0.4, 0.5) is 0 Å². The zero-order chi connectivity index (χ0) is 15.1. The topological polar surface area (TPSA) is 38.5 Å². The van der Waals surface area contributed by atoms with Crippen molar-refractivity contribution in [2.75, 3.05) is 26.8 Å². The van der Waals surface area contributed by atoms with Crippen molar-refractivity contribution in [2.45, 2.75) is 45.7 Å². The number of hydrogen-bond donors (Lipinski definition) is 1. The molecular weight excluding hydrogens is 248 g/mol. The average Bonchev–Trinajstić information content (AvgIpc) is 2.44. The Bertz CT molecular complexity index is 375. The molecule has 0 saturated carbocycles. The Balaban J connectivity index is 2.66. The van der Waals surface area contributed by atoms with Crippen LogP contribution in [0.2, 0.25) is 0 Å². The molecule has 0 amide bonds. The third kappa shape index (κ3) is 4.89. The van der Waals surface area contributed by atoms with Crippen LogP contribution < -0.4 is 5.73 Å². The average molecular weight is 278 g/mol. The van der Waals surface area contributed by atoms with Crippen LogP contribution in [-0.2, 0) is 4.74 Å². The maximum absolute atomic E-state index is 6.35. The number of methoxy groups -OCH3 is 1. The monoisotopic (exact) mass is 278 g/mol. The van der Waals surface area contributed by atoms with Gasteiger partial charge in [0.15, 0.2) is 0 Å². The zero-order valence-electron chi connectivity index (χ0n) is 13.6. The molecule has 0 heterocycles. The maximum atomic E-state index is 6.35. The number of likely N-dealkylation sites (N-methyl/N-ethyl adjacent to an activating group) is 1. The first-order chi connectivity index (χ1) is 9.49. The van der Waals surface area contributed by atoms with Crippen LogP contribution in [0.3, 0.4) is 0 Å². The van der Waals surface area contributed by atoms with Crippen molar-refractivity contribution < 1.29 is 4.74 Å². The largest absolute Gasteiger partial charge is 0.383 e. The summed E-state index contributed by atoms with van der Waals surface area (Å²) in [7, 11) is 1.74. The summed E-state index contributed by atoms with van der Waals surface area (Å²) in [6.45, 7) is 11.4. The standard InChI is InChI=1S/C17H30N2O/c1-6-19(14(4)12-20-5)11-17(18)16-9-7-15(8-10-16)13(2)3/h7-10,13-14,17H,6,11-12,18H2,1-5H3. The highest BCUT2D eigenvalue weighted by Crippen LogP contribution is 2.18. The number of rotatable bonds is 8. The van der Waals surface area contributed by atoms with Crippen molar-refractivity contribution in [1.29, 1.82) is 0 Å². The molecule has 0 aliphatic heterocycles. The Morgan fingerprint density at radius 3 is 2.10 bits per heavy atom. The van der Waals surface area contributed by atoms with Crippen molar-refractivity contribution in [3.8, 4) is 0 Å². The van der Waals surface area contributed by atoms with Gasteiger partial charge in [0.1, 0.15) is 0 Å². The SMILES string of the molecule is CCN(CC(N)c1ccc(C(C)C)cc1)C(C)COC. The second kappa shape index (κ2) is 8.40. The molecule has 20 heavy (non-hydrogen) atoms. The second-order valence-electron chi connectivity index (χ2n) is 5.82. The highest BCUT2D eigenvalue weighted by molar-refractivity contribution is 5.26. The van der Waals surface area contributed by atoms with Crippen molar-refractivity contribution in [3.05, 3.63) is 35.4 Å². The lowest BCUT2D eigenvalue weighted by atomic mass is 9.99. The molecule has 3 nitrogen and oxygen atoms in total. The second-order valence-corrected chi connectivity index (χ2v) is 5.82. The smallest absolute Gasteiger partial charge is 0.0615 e. The van der Waals surface area contributed by atoms with Gasteiger partial charge >= 0.3 is 0 Å². The quantitative estimate of drug-likeness (QED) is 0.794. The molecule has 3 heteroatoms. The molecule has 2 atom stereocenters. The highest BCUT2D eigenvalue weighted by atomic mass is 16.5. The molecule has 2 unspecified atom stereocenters. The van der Waals surface area contributed by atoms with Gasteiger partial charge in [0, 0.05) is 25.7 Å². The lowest BCUT2D eigenvalue weighted by Crippen LogP contribution is -2.40. The van der Waals surface area contributed by atoms with Crippen molar-refractivity contribution in [3.63, 3.8) is 0 Å². The minimum absolute atomic E-state index is 0.0514. The molecule has 1 rings (SSSR count). The zero-order valence-corrected chi connectivity index (χ0v) is 13.6. The lowest BCUT2D eigenvalue weighted by Gasteiger charge is -2.30. The van der Waals surface area contributed by atoms with Gasteiger partial charge in [-0.2, -0.15) is 0 Å². The first-order valence-electron chi connectivity index (χ1n) is 7.58. The van der Waals surface area contributed by atoms with Gasteiger partial charge in [-0.3, -0.25) is 4.90 Å². The third-order valence-corrected chi connectivity index (χ3v) is 3.90. The molecule has 114 valence electrons. The molecule has 0 radical (unpaired) electrons. The van der Waals surface area contributed by atoms with Gasteiger partial charge < -0.3 is 10.5 Å². The van der Waals surface area contributed by atoms with E-state index in [4.69, 9.17) is 10.5 Å². The molecular formula is C17H30N2O. The lowest BCUT2D eigenvalue weighted by molar-refractivity contribution is 0.0986. The third-order valence-electron chi connectivity index (χ3n) is 3.90. The van der Waals surface area contributed by atoms with Gasteiger partial charge in [-0.1, -0.05) is 45.0 Å². The fraction of sp³-hybridized carbons (Fsp3) is 0.647. The van der Waals surface area contributed by atoms with E-state index in [1.807, 2.05) is 0 Å². The van der Waals surface area contributed by atoms with Crippen LogP contribution >= 0.6 is 0 Å². The molecule has 2 N–H and O–H groups in total. The number of ether oxygens (including phenoxy) is 1. The predicted molar refractivity (Wildman–Crippen MR) is 86.0 cm³/mol. The summed E-state index contributed by atoms with van der Waals surface area (Å²) >= 11 is 0. The Kier molecular flexibility index (Phi) is 7.20. The van der Waals surface area contributed by atoms with Crippen LogP contribution in [0.1, 0.15) is 50.8 Å². The molecule has 0 fully saturated rings. The maximum Gasteiger partial charge on any atom is 0.0615 e. The van der Waals surface area contributed by atoms with Crippen molar-refractivity contribution >= 4 is 0 Å². The number of hydrogen-bond acceptors (Lipinski definition) is 3. The molecule has 0 saturated heterocycles. The van der Waals surface area contributed by atoms with E-state index in [2.05, 4.69) is 56.9 Å². The van der Waals surface area contributed by atoms with Gasteiger partial charge in [0.2, 0.25) is 0 Å². The van der Waals surface area contributed by atoms with Gasteiger partial charge in [0.25, 0.3) is 0 Å². The minimum Gasteiger partial charge on any atom is -0.383 e. The first-order valence-corrected chi connectivity index (χ1v) is 7.58. The van der Waals surface area contributed by atoms with Gasteiger partial charge in [-0.15, -0.1) is 0 Å². The molecule has 1 aromatic carbocycles. The number of nitrogens with zero attached hydrogens (tertiary/aromatic N) is 1. The summed E-state index contributed by atoms with van der Waals surface area (Å²) in [5.41, 5.74) is 8.92. The summed E-state index contributed by atoms with van der Waals surface area (Å²) in [5.74, 6) is 0.564. The van der Waals surface area contributed by atoms with Crippen LogP contribution in [0.15, 0.2) is 24.3 Å². The summed E-state index contributed by atoms with van der Waals surface area (Å²) in [5, 5.41) is 0. The fourth-order valence-electron chi connectivity index (χ4n) is 2.45.